The Bertz CT molecular complexity index is 1410. The van der Waals surface area contributed by atoms with E-state index >= 15 is 0 Å². The van der Waals surface area contributed by atoms with Gasteiger partial charge in [-0.2, -0.15) is 0 Å². The van der Waals surface area contributed by atoms with E-state index in [2.05, 4.69) is 25.5 Å². The molecule has 3 aromatic heterocycles. The smallest absolute Gasteiger partial charge is 0.259 e. The number of hydrogen-bond acceptors (Lipinski definition) is 9. The first kappa shape index (κ1) is 23.7. The van der Waals surface area contributed by atoms with Gasteiger partial charge in [0, 0.05) is 28.3 Å². The molecule has 0 saturated carbocycles. The molecule has 0 spiro atoms. The van der Waals surface area contributed by atoms with E-state index in [-0.39, 0.29) is 16.3 Å². The Morgan fingerprint density at radius 1 is 1.20 bits per heavy atom. The van der Waals surface area contributed by atoms with E-state index in [1.165, 1.54) is 42.6 Å². The summed E-state index contributed by atoms with van der Waals surface area (Å²) in [6.45, 7) is 1.84. The lowest BCUT2D eigenvalue weighted by atomic mass is 10.0. The summed E-state index contributed by atoms with van der Waals surface area (Å²) in [5.74, 6) is 0.100. The second-order valence-corrected chi connectivity index (χ2v) is 10.8. The topological polar surface area (TPSA) is 110 Å². The summed E-state index contributed by atoms with van der Waals surface area (Å²) >= 11 is 8.84. The number of halogens is 1. The third-order valence-electron chi connectivity index (χ3n) is 5.66. The van der Waals surface area contributed by atoms with Gasteiger partial charge in [-0.1, -0.05) is 59.0 Å². The first-order valence-corrected chi connectivity index (χ1v) is 12.7. The summed E-state index contributed by atoms with van der Waals surface area (Å²) in [4.78, 5) is 21.6. The number of pyridine rings is 2. The number of fused-ring (bicyclic) bond motifs is 1. The van der Waals surface area contributed by atoms with Crippen molar-refractivity contribution >= 4 is 45.7 Å². The van der Waals surface area contributed by atoms with E-state index in [4.69, 9.17) is 16.3 Å². The fraction of sp³-hybridized carbons (Fsp3) is 0.208. The van der Waals surface area contributed by atoms with Gasteiger partial charge in [0.1, 0.15) is 10.9 Å². The van der Waals surface area contributed by atoms with Crippen LogP contribution >= 0.6 is 34.7 Å². The third kappa shape index (κ3) is 4.87. The number of anilines is 1. The molecular weight excluding hydrogens is 506 g/mol. The molecular formula is C24H20ClN5O3S2. The molecule has 2 N–H and O–H groups in total. The Balaban J connectivity index is 1.35. The van der Waals surface area contributed by atoms with Crippen LogP contribution in [-0.4, -0.2) is 43.5 Å². The van der Waals surface area contributed by atoms with Crippen molar-refractivity contribution in [1.29, 1.82) is 0 Å². The lowest BCUT2D eigenvalue weighted by Crippen LogP contribution is -2.14. The van der Waals surface area contributed by atoms with E-state index in [0.29, 0.717) is 31.9 Å². The number of nitrogens with one attached hydrogen (secondary N) is 1. The zero-order chi connectivity index (χ0) is 24.5. The molecule has 0 bridgehead atoms. The monoisotopic (exact) mass is 525 g/mol. The number of thioether (sulfide) groups is 1. The third-order valence-corrected chi connectivity index (χ3v) is 8.04. The highest BCUT2D eigenvalue weighted by molar-refractivity contribution is 8.01. The Morgan fingerprint density at radius 3 is 2.83 bits per heavy atom. The highest BCUT2D eigenvalue weighted by atomic mass is 35.5. The van der Waals surface area contributed by atoms with Gasteiger partial charge in [0.25, 0.3) is 5.91 Å². The van der Waals surface area contributed by atoms with E-state index in [1.807, 2.05) is 31.2 Å². The minimum absolute atomic E-state index is 0.0549. The zero-order valence-corrected chi connectivity index (χ0v) is 21.1. The number of nitrogens with zero attached hydrogens (tertiary/aromatic N) is 4. The number of aromatic nitrogens is 4. The van der Waals surface area contributed by atoms with Gasteiger partial charge in [-0.3, -0.25) is 15.1 Å². The van der Waals surface area contributed by atoms with Crippen LogP contribution in [0.25, 0.3) is 11.1 Å². The van der Waals surface area contributed by atoms with Crippen LogP contribution in [0.3, 0.4) is 0 Å². The molecule has 8 nitrogen and oxygen atoms in total. The number of aryl methyl sites for hydroxylation is 1. The largest absolute Gasteiger partial charge is 0.494 e. The Morgan fingerprint density at radius 2 is 2.03 bits per heavy atom. The number of benzene rings is 1. The van der Waals surface area contributed by atoms with Crippen LogP contribution in [-0.2, 0) is 6.42 Å². The number of aliphatic hydroxyl groups excluding tert-OH is 1. The molecule has 0 radical (unpaired) electrons. The minimum Gasteiger partial charge on any atom is -0.494 e. The van der Waals surface area contributed by atoms with Crippen molar-refractivity contribution in [3.8, 4) is 16.9 Å². The minimum atomic E-state index is -0.568. The summed E-state index contributed by atoms with van der Waals surface area (Å²) in [7, 11) is 1.53. The van der Waals surface area contributed by atoms with Crippen LogP contribution < -0.4 is 10.1 Å². The molecule has 0 saturated heterocycles. The van der Waals surface area contributed by atoms with Crippen molar-refractivity contribution in [2.45, 2.75) is 29.0 Å². The highest BCUT2D eigenvalue weighted by Gasteiger charge is 2.32. The maximum Gasteiger partial charge on any atom is 0.259 e. The number of ether oxygens (including phenoxy) is 1. The fourth-order valence-electron chi connectivity index (χ4n) is 4.00. The fourth-order valence-corrected chi connectivity index (χ4v) is 6.32. The van der Waals surface area contributed by atoms with Gasteiger partial charge in [-0.05, 0) is 36.6 Å². The predicted octanol–water partition coefficient (Wildman–Crippen LogP) is 4.97. The van der Waals surface area contributed by atoms with Crippen molar-refractivity contribution in [2.75, 3.05) is 12.4 Å². The van der Waals surface area contributed by atoms with Gasteiger partial charge in [-0.15, -0.1) is 10.2 Å². The molecule has 1 aliphatic carbocycles. The van der Waals surface area contributed by atoms with E-state index in [0.717, 1.165) is 23.2 Å². The number of aliphatic hydroxyl groups is 1. The van der Waals surface area contributed by atoms with Gasteiger partial charge in [-0.25, -0.2) is 4.98 Å². The summed E-state index contributed by atoms with van der Waals surface area (Å²) in [6.07, 6.45) is 3.20. The molecule has 0 aliphatic heterocycles. The number of carbonyl (C=O) groups excluding carboxylic acids is 1. The summed E-state index contributed by atoms with van der Waals surface area (Å²) in [5, 5.41) is 22.4. The van der Waals surface area contributed by atoms with Crippen LogP contribution in [0.15, 0.2) is 53.1 Å². The molecule has 5 rings (SSSR count). The van der Waals surface area contributed by atoms with Crippen LogP contribution in [0.4, 0.5) is 5.13 Å². The van der Waals surface area contributed by atoms with Crippen molar-refractivity contribution in [2.24, 2.45) is 0 Å². The number of amides is 1. The predicted molar refractivity (Wildman–Crippen MR) is 136 cm³/mol. The molecule has 3 heterocycles. The average molecular weight is 526 g/mol. The van der Waals surface area contributed by atoms with Gasteiger partial charge in [0.2, 0.25) is 5.13 Å². The molecule has 35 heavy (non-hydrogen) atoms. The Kier molecular flexibility index (Phi) is 6.70. The molecule has 1 amide bonds. The van der Waals surface area contributed by atoms with Crippen molar-refractivity contribution in [1.82, 2.24) is 20.2 Å². The lowest BCUT2D eigenvalue weighted by molar-refractivity contribution is 0.102. The lowest BCUT2D eigenvalue weighted by Gasteiger charge is -2.13. The second-order valence-electron chi connectivity index (χ2n) is 7.91. The number of methoxy groups -OCH3 is 1. The van der Waals surface area contributed by atoms with E-state index < -0.39 is 6.10 Å². The molecule has 0 unspecified atom stereocenters. The number of rotatable bonds is 6. The Labute approximate surface area is 214 Å². The van der Waals surface area contributed by atoms with Gasteiger partial charge < -0.3 is 9.84 Å². The summed E-state index contributed by atoms with van der Waals surface area (Å²) < 4.78 is 6.10. The van der Waals surface area contributed by atoms with Gasteiger partial charge >= 0.3 is 0 Å². The zero-order valence-electron chi connectivity index (χ0n) is 18.7. The Hall–Kier alpha value is -3.05. The van der Waals surface area contributed by atoms with E-state index in [1.54, 1.807) is 12.1 Å². The maximum absolute atomic E-state index is 13.2. The summed E-state index contributed by atoms with van der Waals surface area (Å²) in [6, 6.07) is 11.3. The second kappa shape index (κ2) is 9.90. The molecule has 4 aromatic rings. The van der Waals surface area contributed by atoms with Crippen LogP contribution in [0, 0.1) is 6.92 Å². The van der Waals surface area contributed by atoms with Crippen LogP contribution in [0.1, 0.15) is 33.3 Å². The number of hydrogen-bond donors (Lipinski definition) is 2. The van der Waals surface area contributed by atoms with Crippen LogP contribution in [0.5, 0.6) is 5.75 Å². The first-order valence-electron chi connectivity index (χ1n) is 10.7. The quantitative estimate of drug-likeness (QED) is 0.268. The standard InChI is InChI=1S/C24H20ClN5O3S2/c1-12-7-15(16-9-20(25)27-11-18(16)33-2)17(10-26-12)22(32)28-23-29-30-24(35-23)34-19-8-13-5-3-4-6-14(13)21(19)31/h3-7,9-11,19,21,31H,8H2,1-2H3,(H,28,29,32)/t19-,21+/m0/s1. The van der Waals surface area contributed by atoms with Crippen molar-refractivity contribution in [3.63, 3.8) is 0 Å². The molecule has 11 heteroatoms. The highest BCUT2D eigenvalue weighted by Crippen LogP contribution is 2.42. The van der Waals surface area contributed by atoms with E-state index in [9.17, 15) is 9.90 Å². The number of carbonyl (C=O) groups is 1. The normalized spacial score (nSPS) is 16.7. The van der Waals surface area contributed by atoms with Gasteiger partial charge in [0.15, 0.2) is 4.34 Å². The van der Waals surface area contributed by atoms with Crippen LogP contribution in [0.2, 0.25) is 5.15 Å². The molecule has 0 fully saturated rings. The van der Waals surface area contributed by atoms with Crippen molar-refractivity contribution < 1.29 is 14.6 Å². The van der Waals surface area contributed by atoms with Gasteiger partial charge in [0.05, 0.1) is 25.0 Å². The molecule has 178 valence electrons. The summed E-state index contributed by atoms with van der Waals surface area (Å²) in [5.41, 5.74) is 4.41. The van der Waals surface area contributed by atoms with Crippen molar-refractivity contribution in [3.05, 3.63) is 76.3 Å². The average Bonchev–Trinajstić information content (AvgIpc) is 3.42. The molecule has 1 aromatic carbocycles. The maximum atomic E-state index is 13.2. The molecule has 2 atom stereocenters. The molecule has 1 aliphatic rings. The first-order chi connectivity index (χ1) is 16.9. The SMILES string of the molecule is COc1cnc(Cl)cc1-c1cc(C)ncc1C(=O)Nc1nnc(S[C@H]2Cc3ccccc3[C@H]2O)s1.